The highest BCUT2D eigenvalue weighted by atomic mass is 32.1. The summed E-state index contributed by atoms with van der Waals surface area (Å²) in [6, 6.07) is 10.6. The van der Waals surface area contributed by atoms with Crippen molar-refractivity contribution >= 4 is 17.3 Å². The van der Waals surface area contributed by atoms with Gasteiger partial charge in [0.1, 0.15) is 0 Å². The molecule has 6 nitrogen and oxygen atoms in total. The lowest BCUT2D eigenvalue weighted by Gasteiger charge is -2.32. The Morgan fingerprint density at radius 3 is 2.78 bits per heavy atom. The molecule has 0 aromatic carbocycles. The smallest absolute Gasteiger partial charge is 0.170 e. The minimum Gasteiger partial charge on any atom is -0.379 e. The fourth-order valence-corrected chi connectivity index (χ4v) is 4.36. The van der Waals surface area contributed by atoms with Gasteiger partial charge in [-0.3, -0.25) is 9.88 Å². The summed E-state index contributed by atoms with van der Waals surface area (Å²) in [7, 11) is 0. The summed E-state index contributed by atoms with van der Waals surface area (Å²) in [5.74, 6) is 0. The lowest BCUT2D eigenvalue weighted by molar-refractivity contribution is 0.0349. The molecule has 27 heavy (non-hydrogen) atoms. The molecule has 4 heterocycles. The van der Waals surface area contributed by atoms with Crippen molar-refractivity contribution in [2.75, 3.05) is 39.4 Å². The van der Waals surface area contributed by atoms with E-state index in [1.165, 1.54) is 5.69 Å². The normalized spacial score (nSPS) is 23.6. The van der Waals surface area contributed by atoms with Crippen LogP contribution in [-0.2, 0) is 11.3 Å². The molecule has 0 saturated carbocycles. The zero-order valence-corrected chi connectivity index (χ0v) is 16.6. The molecule has 0 radical (unpaired) electrons. The number of hydrogen-bond donors (Lipinski definition) is 1. The Balaban J connectivity index is 1.60. The van der Waals surface area contributed by atoms with Crippen LogP contribution in [0.3, 0.4) is 0 Å². The Kier molecular flexibility index (Phi) is 5.71. The molecule has 2 saturated heterocycles. The maximum atomic E-state index is 5.75. The molecule has 7 heteroatoms. The van der Waals surface area contributed by atoms with Crippen molar-refractivity contribution in [3.63, 3.8) is 0 Å². The van der Waals surface area contributed by atoms with E-state index in [1.807, 2.05) is 18.3 Å². The molecule has 0 spiro atoms. The molecule has 2 atom stereocenters. The Hall–Kier alpha value is -1.96. The first kappa shape index (κ1) is 18.4. The number of morpholine rings is 1. The summed E-state index contributed by atoms with van der Waals surface area (Å²) in [5.41, 5.74) is 2.31. The summed E-state index contributed by atoms with van der Waals surface area (Å²) in [6.45, 7) is 8.64. The molecule has 4 rings (SSSR count). The van der Waals surface area contributed by atoms with Crippen molar-refractivity contribution in [3.8, 4) is 0 Å². The molecule has 2 aromatic heterocycles. The van der Waals surface area contributed by atoms with Gasteiger partial charge in [0, 0.05) is 50.8 Å². The minimum absolute atomic E-state index is 0.0589. The maximum Gasteiger partial charge on any atom is 0.170 e. The van der Waals surface area contributed by atoms with Crippen LogP contribution in [0, 0.1) is 0 Å². The number of hydrogen-bond acceptors (Lipinski definition) is 4. The van der Waals surface area contributed by atoms with Gasteiger partial charge in [-0.15, -0.1) is 0 Å². The molecule has 2 aliphatic rings. The number of thiocarbonyl (C=S) groups is 1. The van der Waals surface area contributed by atoms with E-state index in [0.29, 0.717) is 0 Å². The minimum atomic E-state index is 0.0589. The second-order valence-electron chi connectivity index (χ2n) is 6.99. The second kappa shape index (κ2) is 8.37. The quantitative estimate of drug-likeness (QED) is 0.770. The van der Waals surface area contributed by atoms with E-state index in [0.717, 1.165) is 56.7 Å². The van der Waals surface area contributed by atoms with Gasteiger partial charge in [0.2, 0.25) is 0 Å². The van der Waals surface area contributed by atoms with Crippen molar-refractivity contribution in [2.45, 2.75) is 25.6 Å². The zero-order chi connectivity index (χ0) is 18.6. The van der Waals surface area contributed by atoms with E-state index in [2.05, 4.69) is 56.0 Å². The third kappa shape index (κ3) is 3.85. The van der Waals surface area contributed by atoms with Gasteiger partial charge in [-0.25, -0.2) is 0 Å². The fraction of sp³-hybridized carbons (Fsp3) is 0.500. The number of ether oxygens (including phenoxy) is 1. The number of aryl methyl sites for hydroxylation is 1. The van der Waals surface area contributed by atoms with E-state index in [4.69, 9.17) is 17.0 Å². The van der Waals surface area contributed by atoms with Crippen LogP contribution in [0.2, 0.25) is 0 Å². The first-order valence-corrected chi connectivity index (χ1v) is 10.1. The van der Waals surface area contributed by atoms with E-state index < -0.39 is 0 Å². The standard InChI is InChI=1S/C20H27N5OS/c1-2-24-9-5-7-17(24)19-18(16-6-3-4-8-21-16)22-20(27)25(19)11-10-23-12-14-26-15-13-23/h3-9,18-19H,2,10-15H2,1H3,(H,22,27)/t18-,19-/m1/s1. The average Bonchev–Trinajstić information content (AvgIpc) is 3.31. The summed E-state index contributed by atoms with van der Waals surface area (Å²) in [6.07, 6.45) is 4.00. The fourth-order valence-electron chi connectivity index (χ4n) is 4.03. The van der Waals surface area contributed by atoms with Crippen LogP contribution in [-0.4, -0.2) is 63.9 Å². The highest BCUT2D eigenvalue weighted by molar-refractivity contribution is 7.80. The Morgan fingerprint density at radius 2 is 2.04 bits per heavy atom. The van der Waals surface area contributed by atoms with E-state index in [9.17, 15) is 0 Å². The zero-order valence-electron chi connectivity index (χ0n) is 15.8. The lowest BCUT2D eigenvalue weighted by atomic mass is 10.0. The summed E-state index contributed by atoms with van der Waals surface area (Å²) < 4.78 is 7.78. The average molecular weight is 386 g/mol. The lowest BCUT2D eigenvalue weighted by Crippen LogP contribution is -2.42. The largest absolute Gasteiger partial charge is 0.379 e. The molecule has 2 aliphatic heterocycles. The number of aromatic nitrogens is 2. The highest BCUT2D eigenvalue weighted by Gasteiger charge is 2.40. The molecule has 2 fully saturated rings. The summed E-state index contributed by atoms with van der Waals surface area (Å²) >= 11 is 5.75. The topological polar surface area (TPSA) is 45.6 Å². The van der Waals surface area contributed by atoms with E-state index >= 15 is 0 Å². The predicted octanol–water partition coefficient (Wildman–Crippen LogP) is 2.21. The Morgan fingerprint density at radius 1 is 1.19 bits per heavy atom. The molecular weight excluding hydrogens is 358 g/mol. The van der Waals surface area contributed by atoms with Gasteiger partial charge < -0.3 is 19.5 Å². The molecule has 0 bridgehead atoms. The van der Waals surface area contributed by atoms with Crippen LogP contribution in [0.25, 0.3) is 0 Å². The number of nitrogens with one attached hydrogen (secondary N) is 1. The molecular formula is C20H27N5OS. The van der Waals surface area contributed by atoms with Crippen molar-refractivity contribution in [1.29, 1.82) is 0 Å². The Bertz CT molecular complexity index is 759. The Labute approximate surface area is 166 Å². The van der Waals surface area contributed by atoms with Gasteiger partial charge in [0.15, 0.2) is 5.11 Å². The van der Waals surface area contributed by atoms with Crippen LogP contribution >= 0.6 is 12.2 Å². The van der Waals surface area contributed by atoms with Gasteiger partial charge in [0.25, 0.3) is 0 Å². The van der Waals surface area contributed by atoms with Gasteiger partial charge in [0.05, 0.1) is 31.0 Å². The van der Waals surface area contributed by atoms with Gasteiger partial charge in [-0.2, -0.15) is 0 Å². The monoisotopic (exact) mass is 385 g/mol. The third-order valence-corrected chi connectivity index (χ3v) is 5.82. The molecule has 0 unspecified atom stereocenters. The van der Waals surface area contributed by atoms with Crippen LogP contribution < -0.4 is 5.32 Å². The number of pyridine rings is 1. The number of nitrogens with zero attached hydrogens (tertiary/aromatic N) is 4. The van der Waals surface area contributed by atoms with E-state index in [-0.39, 0.29) is 12.1 Å². The van der Waals surface area contributed by atoms with Crippen molar-refractivity contribution in [3.05, 3.63) is 54.1 Å². The highest BCUT2D eigenvalue weighted by Crippen LogP contribution is 2.38. The van der Waals surface area contributed by atoms with E-state index in [1.54, 1.807) is 0 Å². The molecule has 144 valence electrons. The van der Waals surface area contributed by atoms with Gasteiger partial charge in [-0.1, -0.05) is 6.07 Å². The third-order valence-electron chi connectivity index (χ3n) is 5.47. The molecule has 2 aromatic rings. The van der Waals surface area contributed by atoms with Gasteiger partial charge >= 0.3 is 0 Å². The van der Waals surface area contributed by atoms with Crippen molar-refractivity contribution in [1.82, 2.24) is 24.7 Å². The molecule has 1 N–H and O–H groups in total. The molecule has 0 aliphatic carbocycles. The second-order valence-corrected chi connectivity index (χ2v) is 7.38. The maximum absolute atomic E-state index is 5.75. The predicted molar refractivity (Wildman–Crippen MR) is 110 cm³/mol. The molecule has 0 amide bonds. The number of rotatable bonds is 6. The summed E-state index contributed by atoms with van der Waals surface area (Å²) in [5, 5.41) is 4.35. The summed E-state index contributed by atoms with van der Waals surface area (Å²) in [4.78, 5) is 9.40. The first-order valence-electron chi connectivity index (χ1n) is 9.71. The SMILES string of the molecule is CCn1cccc1[C@@H]1[C@@H](c2ccccn2)NC(=S)N1CCN1CCOCC1. The van der Waals surface area contributed by atoms with Gasteiger partial charge in [-0.05, 0) is 43.4 Å². The first-order chi connectivity index (χ1) is 13.3. The van der Waals surface area contributed by atoms with Crippen molar-refractivity contribution in [2.24, 2.45) is 0 Å². The van der Waals surface area contributed by atoms with Crippen LogP contribution in [0.4, 0.5) is 0 Å². The van der Waals surface area contributed by atoms with Crippen LogP contribution in [0.15, 0.2) is 42.7 Å². The van der Waals surface area contributed by atoms with Crippen LogP contribution in [0.5, 0.6) is 0 Å². The van der Waals surface area contributed by atoms with Crippen LogP contribution in [0.1, 0.15) is 30.4 Å². The van der Waals surface area contributed by atoms with Crippen molar-refractivity contribution < 1.29 is 4.74 Å².